The van der Waals surface area contributed by atoms with Crippen molar-refractivity contribution >= 4 is 0 Å². The van der Waals surface area contributed by atoms with Crippen LogP contribution in [-0.4, -0.2) is 32.2 Å². The van der Waals surface area contributed by atoms with Crippen LogP contribution in [0.3, 0.4) is 0 Å². The highest BCUT2D eigenvalue weighted by Gasteiger charge is 2.83. The van der Waals surface area contributed by atoms with Gasteiger partial charge in [0.05, 0.1) is 38.1 Å². The Morgan fingerprint density at radius 3 is 2.00 bits per heavy atom. The maximum Gasteiger partial charge on any atom is 0.177 e. The molecule has 0 amide bonds. The lowest BCUT2D eigenvalue weighted by atomic mass is 9.87. The maximum atomic E-state index is 10.4. The van der Waals surface area contributed by atoms with Gasteiger partial charge in [-0.05, 0) is 37.0 Å². The van der Waals surface area contributed by atoms with Crippen LogP contribution in [0.4, 0.5) is 0 Å². The van der Waals surface area contributed by atoms with Crippen molar-refractivity contribution in [3.8, 4) is 41.8 Å². The number of benzene rings is 1. The number of hydrogen-bond donors (Lipinski definition) is 0. The Bertz CT molecular complexity index is 1100. The summed E-state index contributed by atoms with van der Waals surface area (Å²) in [4.78, 5) is 1.83. The van der Waals surface area contributed by atoms with Gasteiger partial charge in [-0.3, -0.25) is 0 Å². The van der Waals surface area contributed by atoms with Gasteiger partial charge in [0.1, 0.15) is 17.6 Å². The molecular weight excluding hydrogens is 392 g/mol. The second-order valence-electron chi connectivity index (χ2n) is 7.49. The van der Waals surface area contributed by atoms with Gasteiger partial charge < -0.3 is 14.4 Å². The van der Waals surface area contributed by atoms with E-state index in [2.05, 4.69) is 6.07 Å². The van der Waals surface area contributed by atoms with Crippen LogP contribution in [-0.2, 0) is 0 Å². The van der Waals surface area contributed by atoms with Crippen LogP contribution in [0.5, 0.6) is 11.5 Å². The SMILES string of the molecule is COc1ccc([C@H]2C(C#N)(C#N)[C@@]2(C#N)C(=C(C#N)C#N)N2CCCCC2)cc1OC. The number of rotatable bonds is 5. The Morgan fingerprint density at radius 1 is 0.903 bits per heavy atom. The number of nitriles is 5. The molecule has 2 aliphatic rings. The normalized spacial score (nSPS) is 23.0. The zero-order valence-electron chi connectivity index (χ0n) is 17.3. The van der Waals surface area contributed by atoms with E-state index in [9.17, 15) is 26.3 Å². The van der Waals surface area contributed by atoms with Crippen LogP contribution < -0.4 is 9.47 Å². The summed E-state index contributed by atoms with van der Waals surface area (Å²) < 4.78 is 10.6. The minimum absolute atomic E-state index is 0.183. The fraction of sp³-hybridized carbons (Fsp3) is 0.435. The molecule has 8 nitrogen and oxygen atoms in total. The van der Waals surface area contributed by atoms with Crippen molar-refractivity contribution in [2.75, 3.05) is 27.3 Å². The molecule has 31 heavy (non-hydrogen) atoms. The molecule has 2 atom stereocenters. The van der Waals surface area contributed by atoms with Gasteiger partial charge in [-0.25, -0.2) is 0 Å². The Balaban J connectivity index is 2.29. The van der Waals surface area contributed by atoms with E-state index in [4.69, 9.17) is 9.47 Å². The molecule has 1 heterocycles. The second kappa shape index (κ2) is 8.28. The topological polar surface area (TPSA) is 141 Å². The average Bonchev–Trinajstić information content (AvgIpc) is 3.44. The van der Waals surface area contributed by atoms with Gasteiger partial charge >= 0.3 is 0 Å². The summed E-state index contributed by atoms with van der Waals surface area (Å²) in [5, 5.41) is 49.8. The number of hydrogen-bond acceptors (Lipinski definition) is 8. The summed E-state index contributed by atoms with van der Waals surface area (Å²) in [6.45, 7) is 1.11. The maximum absolute atomic E-state index is 10.4. The van der Waals surface area contributed by atoms with Crippen LogP contribution in [0.2, 0.25) is 0 Å². The Kier molecular flexibility index (Phi) is 5.75. The minimum Gasteiger partial charge on any atom is -0.493 e. The van der Waals surface area contributed by atoms with Crippen molar-refractivity contribution in [3.05, 3.63) is 35.0 Å². The molecule has 1 aromatic carbocycles. The largest absolute Gasteiger partial charge is 0.493 e. The highest BCUT2D eigenvalue weighted by Crippen LogP contribution is 2.77. The van der Waals surface area contributed by atoms with Gasteiger partial charge in [-0.1, -0.05) is 6.07 Å². The summed E-state index contributed by atoms with van der Waals surface area (Å²) in [7, 11) is 2.96. The monoisotopic (exact) mass is 412 g/mol. The quantitative estimate of drug-likeness (QED) is 0.672. The highest BCUT2D eigenvalue weighted by molar-refractivity contribution is 5.64. The number of allylic oxidation sites excluding steroid dienone is 2. The van der Waals surface area contributed by atoms with E-state index >= 15 is 0 Å². The van der Waals surface area contributed by atoms with Gasteiger partial charge in [-0.15, -0.1) is 0 Å². The van der Waals surface area contributed by atoms with Crippen molar-refractivity contribution in [2.24, 2.45) is 10.8 Å². The van der Waals surface area contributed by atoms with Gasteiger partial charge in [0.25, 0.3) is 0 Å². The standard InChI is InChI=1S/C23H20N6O2/c1-30-18-7-6-16(10-19(18)31-2)20-22(13-26,14-27)23(20,15-28)21(17(11-24)12-25)29-8-4-3-5-9-29/h6-7,10,20H,3-5,8-9H2,1-2H3/t20-,23+/m0/s1. The van der Waals surface area contributed by atoms with Crippen LogP contribution >= 0.6 is 0 Å². The van der Waals surface area contributed by atoms with Crippen molar-refractivity contribution in [1.82, 2.24) is 4.90 Å². The summed E-state index contributed by atoms with van der Waals surface area (Å²) in [6, 6.07) is 15.0. The van der Waals surface area contributed by atoms with Gasteiger partial charge in [0.2, 0.25) is 0 Å². The first-order chi connectivity index (χ1) is 15.0. The number of nitrogens with zero attached hydrogens (tertiary/aromatic N) is 6. The van der Waals surface area contributed by atoms with Crippen molar-refractivity contribution < 1.29 is 9.47 Å². The van der Waals surface area contributed by atoms with E-state index in [0.29, 0.717) is 30.2 Å². The van der Waals surface area contributed by atoms with Crippen LogP contribution in [0, 0.1) is 67.5 Å². The Labute approximate surface area is 181 Å². The predicted molar refractivity (Wildman–Crippen MR) is 108 cm³/mol. The van der Waals surface area contributed by atoms with Crippen molar-refractivity contribution in [2.45, 2.75) is 25.2 Å². The van der Waals surface area contributed by atoms with Crippen molar-refractivity contribution in [3.63, 3.8) is 0 Å². The number of likely N-dealkylation sites (tertiary alicyclic amines) is 1. The minimum atomic E-state index is -1.74. The predicted octanol–water partition coefficient (Wildman–Crippen LogP) is 3.13. The molecule has 1 saturated carbocycles. The number of ether oxygens (including phenoxy) is 2. The van der Waals surface area contributed by atoms with E-state index in [1.54, 1.807) is 18.2 Å². The third kappa shape index (κ3) is 2.92. The van der Waals surface area contributed by atoms with E-state index in [1.165, 1.54) is 14.2 Å². The molecule has 0 N–H and O–H groups in total. The molecule has 1 aromatic rings. The molecule has 8 heteroatoms. The number of piperidine rings is 1. The first-order valence-corrected chi connectivity index (χ1v) is 9.80. The fourth-order valence-corrected chi connectivity index (χ4v) is 4.72. The summed E-state index contributed by atoms with van der Waals surface area (Å²) in [5.74, 6) is 0.0109. The first-order valence-electron chi connectivity index (χ1n) is 9.80. The lowest BCUT2D eigenvalue weighted by Gasteiger charge is -2.34. The lowest BCUT2D eigenvalue weighted by molar-refractivity contribution is 0.254. The average molecular weight is 412 g/mol. The molecule has 1 saturated heterocycles. The van der Waals surface area contributed by atoms with Crippen molar-refractivity contribution in [1.29, 1.82) is 26.3 Å². The third-order valence-electron chi connectivity index (χ3n) is 6.18. The fourth-order valence-electron chi connectivity index (χ4n) is 4.72. The summed E-state index contributed by atoms with van der Waals surface area (Å²) in [6.07, 6.45) is 2.67. The summed E-state index contributed by atoms with van der Waals surface area (Å²) >= 11 is 0. The Hall–Kier alpha value is -4.19. The van der Waals surface area contributed by atoms with E-state index in [1.807, 2.05) is 29.2 Å². The van der Waals surface area contributed by atoms with Crippen LogP contribution in [0.1, 0.15) is 30.7 Å². The Morgan fingerprint density at radius 2 is 1.52 bits per heavy atom. The smallest absolute Gasteiger partial charge is 0.177 e. The van der Waals surface area contributed by atoms with Gasteiger partial charge in [0, 0.05) is 19.0 Å². The lowest BCUT2D eigenvalue weighted by Crippen LogP contribution is -2.35. The molecule has 154 valence electrons. The molecule has 0 radical (unpaired) electrons. The zero-order chi connectivity index (χ0) is 22.6. The molecular formula is C23H20N6O2. The second-order valence-corrected chi connectivity index (χ2v) is 7.49. The summed E-state index contributed by atoms with van der Waals surface area (Å²) in [5.41, 5.74) is -2.91. The number of methoxy groups -OCH3 is 2. The highest BCUT2D eigenvalue weighted by atomic mass is 16.5. The van der Waals surface area contributed by atoms with Gasteiger partial charge in [0.15, 0.2) is 22.5 Å². The molecule has 0 unspecified atom stereocenters. The van der Waals surface area contributed by atoms with E-state index < -0.39 is 16.7 Å². The van der Waals surface area contributed by atoms with Gasteiger partial charge in [-0.2, -0.15) is 26.3 Å². The third-order valence-corrected chi connectivity index (χ3v) is 6.18. The molecule has 0 bridgehead atoms. The molecule has 1 aliphatic heterocycles. The first kappa shape index (κ1) is 21.5. The molecule has 2 fully saturated rings. The zero-order valence-corrected chi connectivity index (χ0v) is 17.3. The van der Waals surface area contributed by atoms with Crippen LogP contribution in [0.25, 0.3) is 0 Å². The van der Waals surface area contributed by atoms with E-state index in [0.717, 1.165) is 19.3 Å². The van der Waals surface area contributed by atoms with Crippen LogP contribution in [0.15, 0.2) is 29.5 Å². The molecule has 0 spiro atoms. The van der Waals surface area contributed by atoms with E-state index in [-0.39, 0.29) is 11.3 Å². The molecule has 3 rings (SSSR count). The molecule has 1 aliphatic carbocycles. The molecule has 0 aromatic heterocycles.